The van der Waals surface area contributed by atoms with E-state index in [2.05, 4.69) is 4.90 Å². The lowest BCUT2D eigenvalue weighted by Gasteiger charge is -2.36. The Balaban J connectivity index is 1.77. The fraction of sp³-hybridized carbons (Fsp3) is 0.600. The van der Waals surface area contributed by atoms with Crippen LogP contribution in [0.4, 0.5) is 5.69 Å². The second-order valence-corrected chi connectivity index (χ2v) is 5.69. The maximum absolute atomic E-state index is 10.6. The van der Waals surface area contributed by atoms with Crippen molar-refractivity contribution in [3.8, 4) is 5.75 Å². The van der Waals surface area contributed by atoms with E-state index in [1.54, 1.807) is 0 Å². The second kappa shape index (κ2) is 7.53. The summed E-state index contributed by atoms with van der Waals surface area (Å²) in [5, 5.41) is 20.6. The van der Waals surface area contributed by atoms with E-state index in [1.165, 1.54) is 24.3 Å². The number of morpholine rings is 1. The summed E-state index contributed by atoms with van der Waals surface area (Å²) < 4.78 is 11.1. The Labute approximate surface area is 129 Å². The SMILES string of the molecule is C[C@@H]1CN(C[C@@H](O)COc2ccc([N+](=O)[O-])cc2)C[C@H](C)O1. The molecule has 22 heavy (non-hydrogen) atoms. The molecule has 1 aliphatic rings. The van der Waals surface area contributed by atoms with E-state index in [0.29, 0.717) is 12.3 Å². The van der Waals surface area contributed by atoms with Gasteiger partial charge >= 0.3 is 0 Å². The molecule has 1 aliphatic heterocycles. The topological polar surface area (TPSA) is 85.1 Å². The first-order chi connectivity index (χ1) is 10.4. The zero-order valence-corrected chi connectivity index (χ0v) is 12.8. The summed E-state index contributed by atoms with van der Waals surface area (Å²) in [5.74, 6) is 0.508. The van der Waals surface area contributed by atoms with Crippen LogP contribution in [0.2, 0.25) is 0 Å². The molecular weight excluding hydrogens is 288 g/mol. The summed E-state index contributed by atoms with van der Waals surface area (Å²) in [6.07, 6.45) is -0.300. The molecule has 1 aromatic carbocycles. The Morgan fingerprint density at radius 1 is 1.36 bits per heavy atom. The molecule has 0 bridgehead atoms. The van der Waals surface area contributed by atoms with Gasteiger partial charge in [-0.25, -0.2) is 0 Å². The van der Waals surface area contributed by atoms with Gasteiger partial charge < -0.3 is 14.6 Å². The molecule has 1 fully saturated rings. The van der Waals surface area contributed by atoms with Gasteiger partial charge in [-0.1, -0.05) is 0 Å². The van der Waals surface area contributed by atoms with Gasteiger partial charge in [0.05, 0.1) is 17.1 Å². The van der Waals surface area contributed by atoms with Crippen LogP contribution < -0.4 is 4.74 Å². The van der Waals surface area contributed by atoms with E-state index in [0.717, 1.165) is 13.1 Å². The number of nitro groups is 1. The molecule has 1 heterocycles. The Morgan fingerprint density at radius 3 is 2.50 bits per heavy atom. The number of aliphatic hydroxyl groups is 1. The average Bonchev–Trinajstić information content (AvgIpc) is 2.44. The van der Waals surface area contributed by atoms with Gasteiger partial charge in [0.25, 0.3) is 5.69 Å². The number of benzene rings is 1. The molecule has 0 amide bonds. The van der Waals surface area contributed by atoms with Gasteiger partial charge in [0.2, 0.25) is 0 Å². The predicted molar refractivity (Wildman–Crippen MR) is 81.0 cm³/mol. The van der Waals surface area contributed by atoms with Gasteiger partial charge in [-0.15, -0.1) is 0 Å². The number of rotatable bonds is 6. The van der Waals surface area contributed by atoms with Gasteiger partial charge in [0.1, 0.15) is 18.5 Å². The fourth-order valence-corrected chi connectivity index (χ4v) is 2.64. The quantitative estimate of drug-likeness (QED) is 0.632. The van der Waals surface area contributed by atoms with Gasteiger partial charge in [-0.3, -0.25) is 15.0 Å². The zero-order chi connectivity index (χ0) is 16.1. The van der Waals surface area contributed by atoms with E-state index in [1.807, 2.05) is 13.8 Å². The van der Waals surface area contributed by atoms with Crippen LogP contribution in [0.15, 0.2) is 24.3 Å². The Bertz CT molecular complexity index is 483. The van der Waals surface area contributed by atoms with Crippen LogP contribution in [-0.2, 0) is 4.74 Å². The van der Waals surface area contributed by atoms with E-state index in [4.69, 9.17) is 9.47 Å². The Hall–Kier alpha value is -1.70. The third-order valence-corrected chi connectivity index (χ3v) is 3.45. The first-order valence-electron chi connectivity index (χ1n) is 7.37. The molecule has 0 saturated carbocycles. The maximum atomic E-state index is 10.6. The van der Waals surface area contributed by atoms with Crippen molar-refractivity contribution in [1.29, 1.82) is 0 Å². The highest BCUT2D eigenvalue weighted by Crippen LogP contribution is 2.17. The minimum atomic E-state index is -0.618. The lowest BCUT2D eigenvalue weighted by atomic mass is 10.2. The Morgan fingerprint density at radius 2 is 1.95 bits per heavy atom. The van der Waals surface area contributed by atoms with Crippen molar-refractivity contribution in [3.05, 3.63) is 34.4 Å². The summed E-state index contributed by atoms with van der Waals surface area (Å²) in [6.45, 7) is 6.28. The molecule has 7 heteroatoms. The molecule has 2 rings (SSSR count). The van der Waals surface area contributed by atoms with E-state index < -0.39 is 11.0 Å². The number of hydrogen-bond donors (Lipinski definition) is 1. The average molecular weight is 310 g/mol. The number of ether oxygens (including phenoxy) is 2. The third kappa shape index (κ3) is 4.94. The summed E-state index contributed by atoms with van der Waals surface area (Å²) in [5.41, 5.74) is 0.0178. The fourth-order valence-electron chi connectivity index (χ4n) is 2.64. The predicted octanol–water partition coefficient (Wildman–Crippen LogP) is 1.44. The summed E-state index contributed by atoms with van der Waals surface area (Å²) >= 11 is 0. The lowest BCUT2D eigenvalue weighted by Crippen LogP contribution is -2.48. The van der Waals surface area contributed by atoms with Crippen LogP contribution in [0, 0.1) is 10.1 Å². The van der Waals surface area contributed by atoms with Crippen LogP contribution in [0.1, 0.15) is 13.8 Å². The minimum Gasteiger partial charge on any atom is -0.491 e. The number of β-amino-alcohol motifs (C(OH)–C–C–N with tert-alkyl or cyclic N) is 1. The molecule has 1 saturated heterocycles. The first-order valence-corrected chi connectivity index (χ1v) is 7.37. The van der Waals surface area contributed by atoms with Gasteiger partial charge in [-0.2, -0.15) is 0 Å². The molecule has 0 radical (unpaired) electrons. The van der Waals surface area contributed by atoms with Crippen LogP contribution in [0.25, 0.3) is 0 Å². The van der Waals surface area contributed by atoms with Crippen molar-refractivity contribution in [1.82, 2.24) is 4.90 Å². The standard InChI is InChI=1S/C15H22N2O5/c1-11-7-16(8-12(2)22-11)9-14(18)10-21-15-5-3-13(4-6-15)17(19)20/h3-6,11-12,14,18H,7-10H2,1-2H3/t11-,12+,14-/m1/s1. The molecule has 0 aromatic heterocycles. The third-order valence-electron chi connectivity index (χ3n) is 3.45. The highest BCUT2D eigenvalue weighted by molar-refractivity contribution is 5.35. The lowest BCUT2D eigenvalue weighted by molar-refractivity contribution is -0.384. The minimum absolute atomic E-state index is 0.0178. The highest BCUT2D eigenvalue weighted by Gasteiger charge is 2.23. The largest absolute Gasteiger partial charge is 0.491 e. The number of hydrogen-bond acceptors (Lipinski definition) is 6. The van der Waals surface area contributed by atoms with Crippen molar-refractivity contribution < 1.29 is 19.5 Å². The molecule has 1 aromatic rings. The molecule has 1 N–H and O–H groups in total. The maximum Gasteiger partial charge on any atom is 0.269 e. The number of non-ortho nitro benzene ring substituents is 1. The highest BCUT2D eigenvalue weighted by atomic mass is 16.6. The molecule has 7 nitrogen and oxygen atoms in total. The van der Waals surface area contributed by atoms with E-state index in [-0.39, 0.29) is 24.5 Å². The molecular formula is C15H22N2O5. The van der Waals surface area contributed by atoms with Gasteiger partial charge in [-0.05, 0) is 26.0 Å². The zero-order valence-electron chi connectivity index (χ0n) is 12.8. The van der Waals surface area contributed by atoms with Crippen LogP contribution in [0.3, 0.4) is 0 Å². The monoisotopic (exact) mass is 310 g/mol. The summed E-state index contributed by atoms with van der Waals surface area (Å²) in [4.78, 5) is 12.3. The number of aliphatic hydroxyl groups excluding tert-OH is 1. The summed E-state index contributed by atoms with van der Waals surface area (Å²) in [7, 11) is 0. The van der Waals surface area contributed by atoms with Crippen LogP contribution in [-0.4, -0.2) is 59.5 Å². The van der Waals surface area contributed by atoms with E-state index in [9.17, 15) is 15.2 Å². The molecule has 0 aliphatic carbocycles. The molecule has 0 spiro atoms. The van der Waals surface area contributed by atoms with Crippen LogP contribution >= 0.6 is 0 Å². The molecule has 0 unspecified atom stereocenters. The van der Waals surface area contributed by atoms with Crippen molar-refractivity contribution in [2.45, 2.75) is 32.2 Å². The smallest absolute Gasteiger partial charge is 0.269 e. The second-order valence-electron chi connectivity index (χ2n) is 5.69. The Kier molecular flexibility index (Phi) is 5.70. The number of nitrogens with zero attached hydrogens (tertiary/aromatic N) is 2. The normalized spacial score (nSPS) is 24.0. The van der Waals surface area contributed by atoms with Gasteiger partial charge in [0.15, 0.2) is 0 Å². The summed E-state index contributed by atoms with van der Waals surface area (Å²) in [6, 6.07) is 5.83. The van der Waals surface area contributed by atoms with Crippen molar-refractivity contribution in [2.24, 2.45) is 0 Å². The van der Waals surface area contributed by atoms with Crippen molar-refractivity contribution in [3.63, 3.8) is 0 Å². The van der Waals surface area contributed by atoms with E-state index >= 15 is 0 Å². The van der Waals surface area contributed by atoms with Crippen molar-refractivity contribution in [2.75, 3.05) is 26.2 Å². The first kappa shape index (κ1) is 16.7. The molecule has 3 atom stereocenters. The van der Waals surface area contributed by atoms with Crippen LogP contribution in [0.5, 0.6) is 5.75 Å². The molecule has 122 valence electrons. The number of nitro benzene ring substituents is 1. The van der Waals surface area contributed by atoms with Crippen molar-refractivity contribution >= 4 is 5.69 Å². The van der Waals surface area contributed by atoms with Gasteiger partial charge in [0, 0.05) is 31.8 Å².